The van der Waals surface area contributed by atoms with Gasteiger partial charge in [0, 0.05) is 19.3 Å². The van der Waals surface area contributed by atoms with E-state index in [9.17, 15) is 0 Å². The van der Waals surface area contributed by atoms with Crippen LogP contribution in [-0.2, 0) is 0 Å². The van der Waals surface area contributed by atoms with Crippen LogP contribution < -0.4 is 5.32 Å². The first-order valence-corrected chi connectivity index (χ1v) is 6.43. The minimum absolute atomic E-state index is 0.452. The minimum Gasteiger partial charge on any atom is -0.339 e. The summed E-state index contributed by atoms with van der Waals surface area (Å²) >= 11 is 0. The van der Waals surface area contributed by atoms with E-state index < -0.39 is 0 Å². The van der Waals surface area contributed by atoms with Gasteiger partial charge in [-0.3, -0.25) is 0 Å². The van der Waals surface area contributed by atoms with Crippen molar-refractivity contribution in [2.75, 3.05) is 13.1 Å². The predicted octanol–water partition coefficient (Wildman–Crippen LogP) is 1.26. The average Bonchev–Trinajstić information content (AvgIpc) is 2.47. The van der Waals surface area contributed by atoms with E-state index in [2.05, 4.69) is 33.2 Å². The normalized spacial score (nSPS) is 22.7. The van der Waals surface area contributed by atoms with Gasteiger partial charge in [-0.15, -0.1) is 0 Å². The van der Waals surface area contributed by atoms with Crippen molar-refractivity contribution in [1.82, 2.24) is 20.2 Å². The van der Waals surface area contributed by atoms with Crippen LogP contribution in [0.4, 0.5) is 0 Å². The second-order valence-electron chi connectivity index (χ2n) is 4.59. The molecule has 1 N–H and O–H groups in total. The van der Waals surface area contributed by atoms with E-state index in [1.54, 1.807) is 12.5 Å². The molecule has 0 bridgehead atoms. The van der Waals surface area contributed by atoms with E-state index >= 15 is 0 Å². The van der Waals surface area contributed by atoms with E-state index in [1.807, 2.05) is 6.07 Å². The number of nitrogens with zero attached hydrogens (tertiary/aromatic N) is 4. The molecule has 0 radical (unpaired) electrons. The van der Waals surface area contributed by atoms with Crippen molar-refractivity contribution in [3.63, 3.8) is 0 Å². The molecule has 2 aliphatic rings. The monoisotopic (exact) mass is 243 g/mol. The predicted molar refractivity (Wildman–Crippen MR) is 70.8 cm³/mol. The molecule has 2 aliphatic heterocycles. The summed E-state index contributed by atoms with van der Waals surface area (Å²) in [7, 11) is 0. The summed E-state index contributed by atoms with van der Waals surface area (Å²) < 4.78 is 0. The first-order chi connectivity index (χ1) is 8.86. The third-order valence-corrected chi connectivity index (χ3v) is 3.43. The maximum atomic E-state index is 4.75. The van der Waals surface area contributed by atoms with Crippen molar-refractivity contribution in [2.24, 2.45) is 4.99 Å². The molecule has 3 rings (SSSR count). The quantitative estimate of drug-likeness (QED) is 0.849. The Hall–Kier alpha value is -1.91. The van der Waals surface area contributed by atoms with Gasteiger partial charge in [0.15, 0.2) is 5.96 Å². The van der Waals surface area contributed by atoms with Crippen molar-refractivity contribution < 1.29 is 0 Å². The fraction of sp³-hybridized carbons (Fsp3) is 0.462. The summed E-state index contributed by atoms with van der Waals surface area (Å²) in [6.45, 7) is 4.17. The van der Waals surface area contributed by atoms with Crippen LogP contribution in [0.3, 0.4) is 0 Å². The number of nitrogens with one attached hydrogen (secondary N) is 1. The third-order valence-electron chi connectivity index (χ3n) is 3.43. The lowest BCUT2D eigenvalue weighted by Crippen LogP contribution is -2.48. The highest BCUT2D eigenvalue weighted by atomic mass is 15.3. The van der Waals surface area contributed by atoms with E-state index in [1.165, 1.54) is 0 Å². The zero-order chi connectivity index (χ0) is 12.4. The maximum absolute atomic E-state index is 4.75. The van der Waals surface area contributed by atoms with E-state index in [0.29, 0.717) is 6.04 Å². The van der Waals surface area contributed by atoms with Crippen LogP contribution in [0.15, 0.2) is 29.7 Å². The number of aromatic nitrogens is 2. The fourth-order valence-electron chi connectivity index (χ4n) is 2.31. The molecule has 1 aromatic rings. The van der Waals surface area contributed by atoms with Gasteiger partial charge >= 0.3 is 0 Å². The van der Waals surface area contributed by atoms with Crippen LogP contribution in [0.5, 0.6) is 0 Å². The summed E-state index contributed by atoms with van der Waals surface area (Å²) in [5.41, 5.74) is 1.95. The first kappa shape index (κ1) is 11.2. The SMILES string of the molecule is CCC1CCN2CC=C(c3ccncn3)NC2=N1. The lowest BCUT2D eigenvalue weighted by molar-refractivity contribution is 0.373. The van der Waals surface area contributed by atoms with Gasteiger partial charge in [-0.05, 0) is 25.0 Å². The van der Waals surface area contributed by atoms with Crippen molar-refractivity contribution in [1.29, 1.82) is 0 Å². The Morgan fingerprint density at radius 2 is 2.44 bits per heavy atom. The zero-order valence-electron chi connectivity index (χ0n) is 10.5. The third kappa shape index (κ3) is 2.08. The molecular formula is C13H17N5. The number of hydrogen-bond donors (Lipinski definition) is 1. The summed E-state index contributed by atoms with van der Waals surface area (Å²) in [6.07, 6.45) is 7.74. The second kappa shape index (κ2) is 4.76. The molecule has 0 spiro atoms. The maximum Gasteiger partial charge on any atom is 0.199 e. The molecule has 5 heteroatoms. The Morgan fingerprint density at radius 3 is 3.22 bits per heavy atom. The number of rotatable bonds is 2. The highest BCUT2D eigenvalue weighted by Gasteiger charge is 2.24. The van der Waals surface area contributed by atoms with E-state index in [4.69, 9.17) is 4.99 Å². The summed E-state index contributed by atoms with van der Waals surface area (Å²) in [5.74, 6) is 0.990. The Balaban J connectivity index is 1.84. The lowest BCUT2D eigenvalue weighted by atomic mass is 10.1. The van der Waals surface area contributed by atoms with Gasteiger partial charge in [0.1, 0.15) is 6.33 Å². The first-order valence-electron chi connectivity index (χ1n) is 6.43. The van der Waals surface area contributed by atoms with Crippen LogP contribution in [0.1, 0.15) is 25.5 Å². The number of guanidine groups is 1. The van der Waals surface area contributed by atoms with Gasteiger partial charge in [-0.1, -0.05) is 6.92 Å². The van der Waals surface area contributed by atoms with Crippen LogP contribution >= 0.6 is 0 Å². The topological polar surface area (TPSA) is 53.4 Å². The van der Waals surface area contributed by atoms with Gasteiger partial charge in [-0.2, -0.15) is 0 Å². The molecule has 3 heterocycles. The van der Waals surface area contributed by atoms with Crippen LogP contribution in [0, 0.1) is 0 Å². The molecule has 5 nitrogen and oxygen atoms in total. The Kier molecular flexibility index (Phi) is 2.96. The van der Waals surface area contributed by atoms with E-state index in [-0.39, 0.29) is 0 Å². The smallest absolute Gasteiger partial charge is 0.199 e. The highest BCUT2D eigenvalue weighted by molar-refractivity contribution is 5.91. The van der Waals surface area contributed by atoms with Crippen molar-refractivity contribution in [3.8, 4) is 0 Å². The van der Waals surface area contributed by atoms with Crippen LogP contribution in [0.2, 0.25) is 0 Å². The Morgan fingerprint density at radius 1 is 1.50 bits per heavy atom. The molecule has 0 aromatic carbocycles. The molecule has 1 unspecified atom stereocenters. The molecule has 0 saturated carbocycles. The van der Waals surface area contributed by atoms with Gasteiger partial charge < -0.3 is 10.2 Å². The van der Waals surface area contributed by atoms with Crippen LogP contribution in [0.25, 0.3) is 5.70 Å². The molecule has 0 fully saturated rings. The molecule has 94 valence electrons. The molecule has 18 heavy (non-hydrogen) atoms. The summed E-state index contributed by atoms with van der Waals surface area (Å²) in [6, 6.07) is 2.36. The lowest BCUT2D eigenvalue weighted by Gasteiger charge is -2.35. The van der Waals surface area contributed by atoms with Crippen molar-refractivity contribution >= 4 is 11.7 Å². The largest absolute Gasteiger partial charge is 0.339 e. The van der Waals surface area contributed by atoms with Gasteiger partial charge in [-0.25, -0.2) is 15.0 Å². The van der Waals surface area contributed by atoms with Gasteiger partial charge in [0.2, 0.25) is 0 Å². The van der Waals surface area contributed by atoms with E-state index in [0.717, 1.165) is 43.3 Å². The number of hydrogen-bond acceptors (Lipinski definition) is 5. The summed E-state index contributed by atoms with van der Waals surface area (Å²) in [4.78, 5) is 15.2. The van der Waals surface area contributed by atoms with Crippen molar-refractivity contribution in [2.45, 2.75) is 25.8 Å². The van der Waals surface area contributed by atoms with Gasteiger partial charge in [0.25, 0.3) is 0 Å². The summed E-state index contributed by atoms with van der Waals surface area (Å²) in [5, 5.41) is 3.38. The molecule has 0 amide bonds. The van der Waals surface area contributed by atoms with Crippen LogP contribution in [-0.4, -0.2) is 40.0 Å². The Bertz CT molecular complexity index is 479. The number of fused-ring (bicyclic) bond motifs is 1. The average molecular weight is 243 g/mol. The second-order valence-corrected chi connectivity index (χ2v) is 4.59. The van der Waals surface area contributed by atoms with Gasteiger partial charge in [0.05, 0.1) is 17.4 Å². The number of aliphatic imine (C=N–C) groups is 1. The molecule has 1 atom stereocenters. The fourth-order valence-corrected chi connectivity index (χ4v) is 2.31. The standard InChI is InChI=1S/C13H17N5/c1-2-10-4-7-18-8-5-12(17-13(18)16-10)11-3-6-14-9-15-11/h3,5-6,9-10H,2,4,7-8H2,1H3,(H,16,17). The Labute approximate surface area is 107 Å². The molecule has 0 aliphatic carbocycles. The van der Waals surface area contributed by atoms with Crippen molar-refractivity contribution in [3.05, 3.63) is 30.4 Å². The zero-order valence-corrected chi connectivity index (χ0v) is 10.5. The molecule has 1 aromatic heterocycles. The minimum atomic E-state index is 0.452. The molecular weight excluding hydrogens is 226 g/mol. The molecule has 0 saturated heterocycles. The highest BCUT2D eigenvalue weighted by Crippen LogP contribution is 2.18.